The van der Waals surface area contributed by atoms with Gasteiger partial charge in [-0.1, -0.05) is 37.3 Å². The molecule has 2 aromatic rings. The molecule has 5 nitrogen and oxygen atoms in total. The number of nitrogens with two attached hydrogens (primary N) is 1. The number of anilines is 1. The molecule has 0 spiro atoms. The van der Waals surface area contributed by atoms with Crippen LogP contribution in [0.25, 0.3) is 0 Å². The molecule has 3 N–H and O–H groups in total. The van der Waals surface area contributed by atoms with E-state index in [1.165, 1.54) is 11.9 Å². The maximum Gasteiger partial charge on any atom is 0.221 e. The van der Waals surface area contributed by atoms with E-state index in [0.717, 1.165) is 24.8 Å². The van der Waals surface area contributed by atoms with Crippen LogP contribution >= 0.6 is 0 Å². The highest BCUT2D eigenvalue weighted by molar-refractivity contribution is 5.47. The van der Waals surface area contributed by atoms with Crippen LogP contribution in [0.2, 0.25) is 0 Å². The van der Waals surface area contributed by atoms with Gasteiger partial charge in [-0.2, -0.15) is 0 Å². The van der Waals surface area contributed by atoms with Crippen molar-refractivity contribution < 1.29 is 4.74 Å². The van der Waals surface area contributed by atoms with Crippen LogP contribution in [-0.4, -0.2) is 16.6 Å². The molecule has 0 atom stereocenters. The number of hydrazine groups is 1. The summed E-state index contributed by atoms with van der Waals surface area (Å²) in [7, 11) is 0. The van der Waals surface area contributed by atoms with Crippen molar-refractivity contribution in [1.29, 1.82) is 0 Å². The number of hydrogen-bond acceptors (Lipinski definition) is 5. The summed E-state index contributed by atoms with van der Waals surface area (Å²) in [5.74, 6) is 6.67. The fourth-order valence-electron chi connectivity index (χ4n) is 2.05. The predicted octanol–water partition coefficient (Wildman–Crippen LogP) is 2.34. The zero-order valence-corrected chi connectivity index (χ0v) is 11.7. The van der Waals surface area contributed by atoms with Gasteiger partial charge in [-0.25, -0.2) is 15.8 Å². The van der Waals surface area contributed by atoms with Crippen LogP contribution in [0.5, 0.6) is 5.88 Å². The number of hydrogen-bond donors (Lipinski definition) is 2. The van der Waals surface area contributed by atoms with Gasteiger partial charge in [0.2, 0.25) is 5.88 Å². The summed E-state index contributed by atoms with van der Waals surface area (Å²) >= 11 is 0. The van der Waals surface area contributed by atoms with Gasteiger partial charge in [-0.15, -0.1) is 0 Å². The van der Waals surface area contributed by atoms with Crippen LogP contribution in [0, 0.1) is 0 Å². The minimum Gasteiger partial charge on any atom is -0.477 e. The molecular weight excluding hydrogens is 252 g/mol. The molecule has 106 valence electrons. The maximum atomic E-state index is 5.75. The average Bonchev–Trinajstić information content (AvgIpc) is 2.52. The zero-order chi connectivity index (χ0) is 14.2. The number of aryl methyl sites for hydroxylation is 1. The van der Waals surface area contributed by atoms with Crippen molar-refractivity contribution in [3.05, 3.63) is 47.8 Å². The summed E-state index contributed by atoms with van der Waals surface area (Å²) in [5.41, 5.74) is 4.80. The van der Waals surface area contributed by atoms with Crippen molar-refractivity contribution >= 4 is 5.82 Å². The van der Waals surface area contributed by atoms with E-state index in [-0.39, 0.29) is 0 Å². The van der Waals surface area contributed by atoms with Gasteiger partial charge in [0.15, 0.2) is 0 Å². The molecule has 0 aliphatic heterocycles. The predicted molar refractivity (Wildman–Crippen MR) is 79.5 cm³/mol. The number of rotatable bonds is 7. The van der Waals surface area contributed by atoms with Crippen molar-refractivity contribution in [2.24, 2.45) is 5.84 Å². The molecule has 2 rings (SSSR count). The van der Waals surface area contributed by atoms with E-state index in [2.05, 4.69) is 39.7 Å². The topological polar surface area (TPSA) is 73.1 Å². The Morgan fingerprint density at radius 1 is 1.20 bits per heavy atom. The van der Waals surface area contributed by atoms with Gasteiger partial charge in [0, 0.05) is 0 Å². The highest BCUT2D eigenvalue weighted by Crippen LogP contribution is 2.21. The largest absolute Gasteiger partial charge is 0.477 e. The van der Waals surface area contributed by atoms with Crippen LogP contribution in [0.4, 0.5) is 5.82 Å². The van der Waals surface area contributed by atoms with Gasteiger partial charge in [-0.05, 0) is 24.8 Å². The minimum atomic E-state index is 0.614. The average molecular weight is 272 g/mol. The molecule has 20 heavy (non-hydrogen) atoms. The first kappa shape index (κ1) is 14.3. The number of nitrogens with one attached hydrogen (secondary N) is 1. The van der Waals surface area contributed by atoms with E-state index in [4.69, 9.17) is 10.6 Å². The fraction of sp³-hybridized carbons (Fsp3) is 0.333. The summed E-state index contributed by atoms with van der Waals surface area (Å²) < 4.78 is 5.75. The molecule has 0 bridgehead atoms. The molecule has 0 aliphatic rings. The summed E-state index contributed by atoms with van der Waals surface area (Å²) in [4.78, 5) is 8.25. The highest BCUT2D eigenvalue weighted by atomic mass is 16.5. The Bertz CT molecular complexity index is 531. The van der Waals surface area contributed by atoms with Crippen molar-refractivity contribution in [3.63, 3.8) is 0 Å². The Labute approximate surface area is 119 Å². The quantitative estimate of drug-likeness (QED) is 0.460. The van der Waals surface area contributed by atoms with Crippen molar-refractivity contribution in [2.75, 3.05) is 12.0 Å². The molecule has 0 radical (unpaired) electrons. The molecule has 1 aromatic heterocycles. The summed E-state index contributed by atoms with van der Waals surface area (Å²) in [5, 5.41) is 0. The Balaban J connectivity index is 1.88. The van der Waals surface area contributed by atoms with Crippen molar-refractivity contribution in [2.45, 2.75) is 26.2 Å². The molecular formula is C15H20N4O. The molecule has 1 aromatic carbocycles. The van der Waals surface area contributed by atoms with Crippen molar-refractivity contribution in [3.8, 4) is 5.88 Å². The third-order valence-electron chi connectivity index (χ3n) is 3.09. The Morgan fingerprint density at radius 3 is 2.70 bits per heavy atom. The van der Waals surface area contributed by atoms with Crippen molar-refractivity contribution in [1.82, 2.24) is 9.97 Å². The van der Waals surface area contributed by atoms with Crippen LogP contribution in [-0.2, 0) is 12.8 Å². The zero-order valence-electron chi connectivity index (χ0n) is 11.7. The number of ether oxygens (including phenoxy) is 1. The first-order chi connectivity index (χ1) is 9.85. The molecule has 0 aliphatic carbocycles. The lowest BCUT2D eigenvalue weighted by Crippen LogP contribution is -2.13. The number of benzene rings is 1. The molecule has 0 saturated heterocycles. The Hall–Kier alpha value is -2.14. The van der Waals surface area contributed by atoms with E-state index in [1.54, 1.807) is 0 Å². The fourth-order valence-corrected chi connectivity index (χ4v) is 2.05. The first-order valence-electron chi connectivity index (χ1n) is 6.82. The van der Waals surface area contributed by atoms with E-state index in [9.17, 15) is 0 Å². The van der Waals surface area contributed by atoms with Gasteiger partial charge < -0.3 is 10.2 Å². The Kier molecular flexibility index (Phi) is 5.32. The van der Waals surface area contributed by atoms with Crippen LogP contribution < -0.4 is 16.0 Å². The second kappa shape index (κ2) is 7.45. The smallest absolute Gasteiger partial charge is 0.221 e. The third kappa shape index (κ3) is 3.68. The maximum absolute atomic E-state index is 5.75. The summed E-state index contributed by atoms with van der Waals surface area (Å²) in [6.45, 7) is 2.65. The normalized spacial score (nSPS) is 10.3. The minimum absolute atomic E-state index is 0.614. The van der Waals surface area contributed by atoms with Gasteiger partial charge in [0.1, 0.15) is 12.1 Å². The number of nitrogens with zero attached hydrogens (tertiary/aromatic N) is 2. The first-order valence-corrected chi connectivity index (χ1v) is 6.82. The summed E-state index contributed by atoms with van der Waals surface area (Å²) in [6, 6.07) is 10.4. The highest BCUT2D eigenvalue weighted by Gasteiger charge is 2.09. The van der Waals surface area contributed by atoms with Gasteiger partial charge >= 0.3 is 0 Å². The second-order valence-corrected chi connectivity index (χ2v) is 4.44. The van der Waals surface area contributed by atoms with Crippen LogP contribution in [0.1, 0.15) is 24.5 Å². The van der Waals surface area contributed by atoms with Gasteiger partial charge in [-0.3, -0.25) is 0 Å². The Morgan fingerprint density at radius 2 is 2.00 bits per heavy atom. The number of aromatic nitrogens is 2. The monoisotopic (exact) mass is 272 g/mol. The molecule has 5 heteroatoms. The van der Waals surface area contributed by atoms with Gasteiger partial charge in [0.25, 0.3) is 0 Å². The van der Waals surface area contributed by atoms with Gasteiger partial charge in [0.05, 0.1) is 12.2 Å². The van der Waals surface area contributed by atoms with E-state index >= 15 is 0 Å². The molecule has 0 saturated carbocycles. The summed E-state index contributed by atoms with van der Waals surface area (Å²) in [6.07, 6.45) is 4.17. The SMILES string of the molecule is CCc1c(NN)ncnc1OCCCc1ccccc1. The molecule has 1 heterocycles. The second-order valence-electron chi connectivity index (χ2n) is 4.44. The van der Waals surface area contributed by atoms with E-state index < -0.39 is 0 Å². The van der Waals surface area contributed by atoms with Crippen LogP contribution in [0.3, 0.4) is 0 Å². The lowest BCUT2D eigenvalue weighted by atomic mass is 10.1. The number of nitrogen functional groups attached to an aromatic ring is 1. The van der Waals surface area contributed by atoms with E-state index in [1.807, 2.05) is 13.0 Å². The van der Waals surface area contributed by atoms with Crippen LogP contribution in [0.15, 0.2) is 36.7 Å². The standard InChI is InChI=1S/C15H20N4O/c1-2-13-14(19-16)17-11-18-15(13)20-10-6-9-12-7-4-3-5-8-12/h3-5,7-8,11H,2,6,9-10,16H2,1H3,(H,17,18,19). The van der Waals surface area contributed by atoms with E-state index in [0.29, 0.717) is 18.3 Å². The third-order valence-corrected chi connectivity index (χ3v) is 3.09. The lowest BCUT2D eigenvalue weighted by molar-refractivity contribution is 0.296. The lowest BCUT2D eigenvalue weighted by Gasteiger charge is -2.11. The molecule has 0 fully saturated rings. The molecule has 0 amide bonds. The molecule has 0 unspecified atom stereocenters.